The number of halogens is 2. The van der Waals surface area contributed by atoms with Crippen LogP contribution in [0.2, 0.25) is 0 Å². The molecule has 2 rings (SSSR count). The van der Waals surface area contributed by atoms with Crippen LogP contribution in [0.15, 0.2) is 18.2 Å². The van der Waals surface area contributed by atoms with Crippen LogP contribution in [0, 0.1) is 17.0 Å². The number of rotatable bonds is 4. The van der Waals surface area contributed by atoms with E-state index in [0.717, 1.165) is 44.0 Å². The minimum atomic E-state index is -0.478. The van der Waals surface area contributed by atoms with Crippen LogP contribution >= 0.6 is 0 Å². The maximum atomic E-state index is 13.1. The average Bonchev–Trinajstić information content (AvgIpc) is 2.13. The van der Waals surface area contributed by atoms with Gasteiger partial charge in [0.05, 0.1) is 0 Å². The monoisotopic (exact) mass is 225 g/mol. The van der Waals surface area contributed by atoms with E-state index in [1.165, 1.54) is 12.1 Å². The maximum Gasteiger partial charge on any atom is 0.126 e. The highest BCUT2D eigenvalue weighted by Gasteiger charge is 2.35. The van der Waals surface area contributed by atoms with Crippen molar-refractivity contribution in [1.82, 2.24) is 5.32 Å². The van der Waals surface area contributed by atoms with Crippen molar-refractivity contribution in [1.29, 1.82) is 0 Å². The van der Waals surface area contributed by atoms with Gasteiger partial charge in [0.1, 0.15) is 11.6 Å². The van der Waals surface area contributed by atoms with Crippen LogP contribution in [-0.2, 0) is 6.42 Å². The van der Waals surface area contributed by atoms with Crippen molar-refractivity contribution in [2.24, 2.45) is 5.41 Å². The molecule has 1 saturated heterocycles. The second kappa shape index (κ2) is 4.50. The van der Waals surface area contributed by atoms with Crippen LogP contribution in [-0.4, -0.2) is 13.1 Å². The van der Waals surface area contributed by atoms with Crippen LogP contribution in [0.3, 0.4) is 0 Å². The molecule has 0 unspecified atom stereocenters. The molecule has 1 heterocycles. The molecule has 0 bridgehead atoms. The summed E-state index contributed by atoms with van der Waals surface area (Å²) in [7, 11) is 0. The molecule has 0 amide bonds. The molecule has 1 aliphatic heterocycles. The van der Waals surface area contributed by atoms with Crippen molar-refractivity contribution in [3.63, 3.8) is 0 Å². The first-order valence-electron chi connectivity index (χ1n) is 5.79. The topological polar surface area (TPSA) is 12.0 Å². The second-order valence-electron chi connectivity index (χ2n) is 4.81. The number of hydrogen-bond acceptors (Lipinski definition) is 1. The van der Waals surface area contributed by atoms with Crippen LogP contribution in [0.25, 0.3) is 0 Å². The standard InChI is InChI=1S/C13H17F2N/c1-2-3-13(8-16-9-13)7-10-4-11(14)6-12(15)5-10/h4-6,16H,2-3,7-9H2,1H3. The summed E-state index contributed by atoms with van der Waals surface area (Å²) >= 11 is 0. The van der Waals surface area contributed by atoms with Gasteiger partial charge in [-0.3, -0.25) is 0 Å². The Bertz CT molecular complexity index is 352. The van der Waals surface area contributed by atoms with E-state index in [-0.39, 0.29) is 5.41 Å². The molecule has 1 aliphatic rings. The van der Waals surface area contributed by atoms with Crippen molar-refractivity contribution in [2.45, 2.75) is 26.2 Å². The SMILES string of the molecule is CCCC1(Cc2cc(F)cc(F)c2)CNC1. The first-order chi connectivity index (χ1) is 7.63. The summed E-state index contributed by atoms with van der Waals surface area (Å²) in [6.07, 6.45) is 2.99. The Hall–Kier alpha value is -0.960. The third-order valence-electron chi connectivity index (χ3n) is 3.28. The number of benzene rings is 1. The third kappa shape index (κ3) is 2.40. The van der Waals surface area contributed by atoms with Gasteiger partial charge in [-0.25, -0.2) is 8.78 Å². The highest BCUT2D eigenvalue weighted by molar-refractivity contribution is 5.20. The van der Waals surface area contributed by atoms with E-state index in [4.69, 9.17) is 0 Å². The summed E-state index contributed by atoms with van der Waals surface area (Å²) in [5.41, 5.74) is 0.988. The van der Waals surface area contributed by atoms with Gasteiger partial charge >= 0.3 is 0 Å². The Kier molecular flexibility index (Phi) is 3.24. The Morgan fingerprint density at radius 2 is 1.81 bits per heavy atom. The molecule has 0 radical (unpaired) electrons. The summed E-state index contributed by atoms with van der Waals surface area (Å²) in [5, 5.41) is 3.25. The maximum absolute atomic E-state index is 13.1. The zero-order valence-electron chi connectivity index (χ0n) is 9.52. The second-order valence-corrected chi connectivity index (χ2v) is 4.81. The predicted octanol–water partition coefficient (Wildman–Crippen LogP) is 2.90. The van der Waals surface area contributed by atoms with E-state index in [0.29, 0.717) is 0 Å². The summed E-state index contributed by atoms with van der Waals surface area (Å²) in [6.45, 7) is 4.06. The van der Waals surface area contributed by atoms with E-state index in [2.05, 4.69) is 12.2 Å². The van der Waals surface area contributed by atoms with Gasteiger partial charge in [0.2, 0.25) is 0 Å². The van der Waals surface area contributed by atoms with Gasteiger partial charge in [0, 0.05) is 19.2 Å². The Morgan fingerprint density at radius 1 is 1.19 bits per heavy atom. The molecule has 0 aromatic heterocycles. The summed E-state index contributed by atoms with van der Waals surface area (Å²) < 4.78 is 26.1. The Balaban J connectivity index is 2.12. The molecule has 16 heavy (non-hydrogen) atoms. The molecule has 1 nitrogen and oxygen atoms in total. The van der Waals surface area contributed by atoms with Gasteiger partial charge < -0.3 is 5.32 Å². The fourth-order valence-corrected chi connectivity index (χ4v) is 2.55. The summed E-state index contributed by atoms with van der Waals surface area (Å²) in [5.74, 6) is -0.956. The molecule has 0 spiro atoms. The molecule has 0 saturated carbocycles. The zero-order chi connectivity index (χ0) is 11.6. The minimum absolute atomic E-state index is 0.217. The Morgan fingerprint density at radius 3 is 2.25 bits per heavy atom. The first kappa shape index (κ1) is 11.5. The van der Waals surface area contributed by atoms with Crippen molar-refractivity contribution < 1.29 is 8.78 Å². The van der Waals surface area contributed by atoms with Crippen molar-refractivity contribution >= 4 is 0 Å². The molecule has 0 atom stereocenters. The lowest BCUT2D eigenvalue weighted by Gasteiger charge is -2.43. The average molecular weight is 225 g/mol. The lowest BCUT2D eigenvalue weighted by molar-refractivity contribution is 0.150. The summed E-state index contributed by atoms with van der Waals surface area (Å²) in [6, 6.07) is 3.81. The van der Waals surface area contributed by atoms with Gasteiger partial charge in [0.25, 0.3) is 0 Å². The van der Waals surface area contributed by atoms with Crippen LogP contribution < -0.4 is 5.32 Å². The summed E-state index contributed by atoms with van der Waals surface area (Å²) in [4.78, 5) is 0. The fourth-order valence-electron chi connectivity index (χ4n) is 2.55. The Labute approximate surface area is 94.9 Å². The van der Waals surface area contributed by atoms with Gasteiger partial charge in [-0.15, -0.1) is 0 Å². The molecule has 1 fully saturated rings. The van der Waals surface area contributed by atoms with Gasteiger partial charge in [0.15, 0.2) is 0 Å². The van der Waals surface area contributed by atoms with Gasteiger partial charge in [-0.05, 0) is 36.0 Å². The molecule has 1 aromatic rings. The highest BCUT2D eigenvalue weighted by atomic mass is 19.1. The van der Waals surface area contributed by atoms with E-state index < -0.39 is 11.6 Å². The quantitative estimate of drug-likeness (QED) is 0.830. The molecule has 3 heteroatoms. The van der Waals surface area contributed by atoms with Crippen LogP contribution in [0.1, 0.15) is 25.3 Å². The lowest BCUT2D eigenvalue weighted by atomic mass is 9.73. The van der Waals surface area contributed by atoms with E-state index in [9.17, 15) is 8.78 Å². The molecular weight excluding hydrogens is 208 g/mol. The van der Waals surface area contributed by atoms with Gasteiger partial charge in [-0.1, -0.05) is 13.3 Å². The number of nitrogens with one attached hydrogen (secondary N) is 1. The van der Waals surface area contributed by atoms with Crippen molar-refractivity contribution in [2.75, 3.05) is 13.1 Å². The van der Waals surface area contributed by atoms with Gasteiger partial charge in [-0.2, -0.15) is 0 Å². The van der Waals surface area contributed by atoms with Crippen LogP contribution in [0.5, 0.6) is 0 Å². The molecule has 1 N–H and O–H groups in total. The van der Waals surface area contributed by atoms with Crippen molar-refractivity contribution in [3.05, 3.63) is 35.4 Å². The zero-order valence-corrected chi connectivity index (χ0v) is 9.52. The minimum Gasteiger partial charge on any atom is -0.316 e. The fraction of sp³-hybridized carbons (Fsp3) is 0.538. The highest BCUT2D eigenvalue weighted by Crippen LogP contribution is 2.33. The van der Waals surface area contributed by atoms with E-state index >= 15 is 0 Å². The van der Waals surface area contributed by atoms with Crippen molar-refractivity contribution in [3.8, 4) is 0 Å². The predicted molar refractivity (Wildman–Crippen MR) is 60.3 cm³/mol. The number of hydrogen-bond donors (Lipinski definition) is 1. The van der Waals surface area contributed by atoms with E-state index in [1.54, 1.807) is 0 Å². The van der Waals surface area contributed by atoms with Crippen LogP contribution in [0.4, 0.5) is 8.78 Å². The molecule has 0 aliphatic carbocycles. The normalized spacial score (nSPS) is 18.2. The molecular formula is C13H17F2N. The van der Waals surface area contributed by atoms with E-state index in [1.807, 2.05) is 0 Å². The first-order valence-corrected chi connectivity index (χ1v) is 5.79. The third-order valence-corrected chi connectivity index (χ3v) is 3.28. The molecule has 88 valence electrons. The largest absolute Gasteiger partial charge is 0.316 e. The molecule has 1 aromatic carbocycles. The smallest absolute Gasteiger partial charge is 0.126 e. The lowest BCUT2D eigenvalue weighted by Crippen LogP contribution is -2.54.